The van der Waals surface area contributed by atoms with Crippen LogP contribution >= 0.6 is 0 Å². The lowest BCUT2D eigenvalue weighted by molar-refractivity contribution is -0.123. The minimum Gasteiger partial charge on any atom is -0.357 e. The van der Waals surface area contributed by atoms with Crippen LogP contribution in [0.25, 0.3) is 10.9 Å². The number of hydrogen-bond acceptors (Lipinski definition) is 2. The second-order valence-electron chi connectivity index (χ2n) is 7.82. The molecule has 1 atom stereocenters. The molecule has 1 fully saturated rings. The molecular weight excluding hydrogens is 310 g/mol. The fraction of sp³-hybridized carbons (Fsp3) is 0.571. The van der Waals surface area contributed by atoms with Gasteiger partial charge in [-0.05, 0) is 62.7 Å². The van der Waals surface area contributed by atoms with E-state index in [0.29, 0.717) is 0 Å². The van der Waals surface area contributed by atoms with Gasteiger partial charge >= 0.3 is 0 Å². The van der Waals surface area contributed by atoms with E-state index in [9.17, 15) is 4.79 Å². The summed E-state index contributed by atoms with van der Waals surface area (Å²) < 4.78 is 0. The van der Waals surface area contributed by atoms with Crippen molar-refractivity contribution in [2.75, 3.05) is 26.2 Å². The Morgan fingerprint density at radius 3 is 2.88 bits per heavy atom. The van der Waals surface area contributed by atoms with Crippen molar-refractivity contribution in [1.29, 1.82) is 0 Å². The molecule has 4 nitrogen and oxygen atoms in total. The highest BCUT2D eigenvalue weighted by molar-refractivity contribution is 5.90. The van der Waals surface area contributed by atoms with E-state index in [0.717, 1.165) is 49.5 Å². The number of nitrogens with one attached hydrogen (secondary N) is 2. The standard InChI is InChI=1S/C21H29N3O/c1-15-9-12-24(13-10-15)14-11-22-21(25)18-7-4-6-17-16-5-2-3-8-19(16)23-20(17)18/h2-3,5,8,15,18,23H,4,6-7,9-14H2,1H3,(H,22,25). The molecule has 0 bridgehead atoms. The van der Waals surface area contributed by atoms with Gasteiger partial charge in [0.15, 0.2) is 0 Å². The van der Waals surface area contributed by atoms with Crippen LogP contribution in [0.4, 0.5) is 0 Å². The van der Waals surface area contributed by atoms with Gasteiger partial charge in [-0.2, -0.15) is 0 Å². The van der Waals surface area contributed by atoms with Crippen LogP contribution in [0.15, 0.2) is 24.3 Å². The first-order valence-electron chi connectivity index (χ1n) is 9.82. The average molecular weight is 339 g/mol. The molecule has 2 aliphatic rings. The van der Waals surface area contributed by atoms with E-state index in [2.05, 4.69) is 46.4 Å². The average Bonchev–Trinajstić information content (AvgIpc) is 3.02. The first-order chi connectivity index (χ1) is 12.2. The number of benzene rings is 1. The Labute approximate surface area is 150 Å². The lowest BCUT2D eigenvalue weighted by Crippen LogP contribution is -2.40. The number of nitrogens with zero attached hydrogens (tertiary/aromatic N) is 1. The second-order valence-corrected chi connectivity index (χ2v) is 7.82. The maximum atomic E-state index is 12.8. The molecule has 2 N–H and O–H groups in total. The molecule has 1 amide bonds. The zero-order valence-electron chi connectivity index (χ0n) is 15.2. The summed E-state index contributed by atoms with van der Waals surface area (Å²) in [7, 11) is 0. The molecule has 1 aromatic carbocycles. The number of hydrogen-bond donors (Lipinski definition) is 2. The molecule has 0 radical (unpaired) electrons. The molecule has 1 aliphatic carbocycles. The van der Waals surface area contributed by atoms with Crippen LogP contribution in [0.1, 0.15) is 49.8 Å². The molecule has 4 rings (SSSR count). The van der Waals surface area contributed by atoms with Crippen molar-refractivity contribution in [3.05, 3.63) is 35.5 Å². The highest BCUT2D eigenvalue weighted by Crippen LogP contribution is 2.36. The number of rotatable bonds is 4. The summed E-state index contributed by atoms with van der Waals surface area (Å²) in [5.41, 5.74) is 3.67. The molecule has 1 aromatic heterocycles. The van der Waals surface area contributed by atoms with Crippen LogP contribution in [-0.2, 0) is 11.2 Å². The molecule has 0 spiro atoms. The van der Waals surface area contributed by atoms with Gasteiger partial charge in [0, 0.05) is 29.7 Å². The van der Waals surface area contributed by atoms with Crippen LogP contribution in [0.3, 0.4) is 0 Å². The zero-order chi connectivity index (χ0) is 17.2. The van der Waals surface area contributed by atoms with Crippen LogP contribution in [0.5, 0.6) is 0 Å². The van der Waals surface area contributed by atoms with Crippen molar-refractivity contribution in [2.24, 2.45) is 5.92 Å². The lowest BCUT2D eigenvalue weighted by Gasteiger charge is -2.30. The fourth-order valence-electron chi connectivity index (χ4n) is 4.42. The van der Waals surface area contributed by atoms with Crippen LogP contribution in [0, 0.1) is 5.92 Å². The summed E-state index contributed by atoms with van der Waals surface area (Å²) in [5, 5.41) is 4.48. The second kappa shape index (κ2) is 7.20. The Morgan fingerprint density at radius 2 is 2.04 bits per heavy atom. The van der Waals surface area contributed by atoms with Crippen molar-refractivity contribution >= 4 is 16.8 Å². The number of carbonyl (C=O) groups excluding carboxylic acids is 1. The normalized spacial score (nSPS) is 22.0. The number of H-pyrrole nitrogens is 1. The number of aryl methyl sites for hydroxylation is 1. The molecule has 134 valence electrons. The van der Waals surface area contributed by atoms with E-state index < -0.39 is 0 Å². The van der Waals surface area contributed by atoms with E-state index >= 15 is 0 Å². The number of likely N-dealkylation sites (tertiary alicyclic amines) is 1. The third kappa shape index (κ3) is 3.45. The SMILES string of the molecule is CC1CCN(CCNC(=O)C2CCCc3c2[nH]c2ccccc32)CC1. The quantitative estimate of drug-likeness (QED) is 0.896. The number of para-hydroxylation sites is 1. The summed E-state index contributed by atoms with van der Waals surface area (Å²) in [6, 6.07) is 8.42. The zero-order valence-corrected chi connectivity index (χ0v) is 15.2. The topological polar surface area (TPSA) is 48.1 Å². The highest BCUT2D eigenvalue weighted by Gasteiger charge is 2.29. The first-order valence-corrected chi connectivity index (χ1v) is 9.82. The lowest BCUT2D eigenvalue weighted by atomic mass is 9.86. The number of aromatic nitrogens is 1. The Morgan fingerprint density at radius 1 is 1.24 bits per heavy atom. The number of carbonyl (C=O) groups is 1. The summed E-state index contributed by atoms with van der Waals surface area (Å²) >= 11 is 0. The van der Waals surface area contributed by atoms with E-state index in [1.165, 1.54) is 36.9 Å². The maximum absolute atomic E-state index is 12.8. The summed E-state index contributed by atoms with van der Waals surface area (Å²) in [6.45, 7) is 6.42. The van der Waals surface area contributed by atoms with Gasteiger partial charge in [0.2, 0.25) is 5.91 Å². The van der Waals surface area contributed by atoms with E-state index in [-0.39, 0.29) is 11.8 Å². The van der Waals surface area contributed by atoms with Crippen molar-refractivity contribution in [3.8, 4) is 0 Å². The van der Waals surface area contributed by atoms with Crippen molar-refractivity contribution in [1.82, 2.24) is 15.2 Å². The fourth-order valence-corrected chi connectivity index (χ4v) is 4.42. The van der Waals surface area contributed by atoms with Crippen molar-refractivity contribution in [2.45, 2.75) is 44.9 Å². The Bertz CT molecular complexity index is 743. The highest BCUT2D eigenvalue weighted by atomic mass is 16.1. The maximum Gasteiger partial charge on any atom is 0.229 e. The van der Waals surface area contributed by atoms with Crippen molar-refractivity contribution < 1.29 is 4.79 Å². The minimum absolute atomic E-state index is 0.0162. The summed E-state index contributed by atoms with van der Waals surface area (Å²) in [5.74, 6) is 1.03. The van der Waals surface area contributed by atoms with E-state index in [4.69, 9.17) is 0 Å². The predicted molar refractivity (Wildman–Crippen MR) is 102 cm³/mol. The number of piperidine rings is 1. The molecule has 2 heterocycles. The van der Waals surface area contributed by atoms with Crippen LogP contribution < -0.4 is 5.32 Å². The number of fused-ring (bicyclic) bond motifs is 3. The minimum atomic E-state index is -0.0162. The van der Waals surface area contributed by atoms with Crippen LogP contribution in [0.2, 0.25) is 0 Å². The molecule has 0 saturated carbocycles. The number of aromatic amines is 1. The monoisotopic (exact) mass is 339 g/mol. The Kier molecular flexibility index (Phi) is 4.80. The predicted octanol–water partition coefficient (Wildman–Crippen LogP) is 3.44. The van der Waals surface area contributed by atoms with Gasteiger partial charge in [0.05, 0.1) is 5.92 Å². The Balaban J connectivity index is 1.38. The van der Waals surface area contributed by atoms with Gasteiger partial charge in [-0.15, -0.1) is 0 Å². The van der Waals surface area contributed by atoms with Gasteiger partial charge in [-0.1, -0.05) is 25.1 Å². The van der Waals surface area contributed by atoms with E-state index in [1.54, 1.807) is 0 Å². The Hall–Kier alpha value is -1.81. The molecule has 1 unspecified atom stereocenters. The van der Waals surface area contributed by atoms with Crippen molar-refractivity contribution in [3.63, 3.8) is 0 Å². The first kappa shape index (κ1) is 16.6. The largest absolute Gasteiger partial charge is 0.357 e. The van der Waals surface area contributed by atoms with Gasteiger partial charge in [-0.3, -0.25) is 4.79 Å². The van der Waals surface area contributed by atoms with Gasteiger partial charge < -0.3 is 15.2 Å². The molecule has 25 heavy (non-hydrogen) atoms. The van der Waals surface area contributed by atoms with Gasteiger partial charge in [0.1, 0.15) is 0 Å². The molecule has 1 aliphatic heterocycles. The van der Waals surface area contributed by atoms with Gasteiger partial charge in [0.25, 0.3) is 0 Å². The molecule has 2 aromatic rings. The van der Waals surface area contributed by atoms with E-state index in [1.807, 2.05) is 0 Å². The molecular formula is C21H29N3O. The summed E-state index contributed by atoms with van der Waals surface area (Å²) in [6.07, 6.45) is 5.70. The van der Waals surface area contributed by atoms with Crippen LogP contribution in [-0.4, -0.2) is 42.0 Å². The third-order valence-corrected chi connectivity index (χ3v) is 6.03. The summed E-state index contributed by atoms with van der Waals surface area (Å²) in [4.78, 5) is 18.8. The molecule has 1 saturated heterocycles. The third-order valence-electron chi connectivity index (χ3n) is 6.03. The smallest absolute Gasteiger partial charge is 0.229 e. The van der Waals surface area contributed by atoms with Gasteiger partial charge in [-0.25, -0.2) is 0 Å². The molecule has 4 heteroatoms. The number of amides is 1.